The summed E-state index contributed by atoms with van der Waals surface area (Å²) in [6, 6.07) is 14.2. The molecule has 1 aromatic heterocycles. The summed E-state index contributed by atoms with van der Waals surface area (Å²) in [7, 11) is 0. The van der Waals surface area contributed by atoms with Gasteiger partial charge < -0.3 is 10.1 Å². The zero-order valence-corrected chi connectivity index (χ0v) is 14.8. The van der Waals surface area contributed by atoms with E-state index in [1.54, 1.807) is 13.1 Å². The van der Waals surface area contributed by atoms with Gasteiger partial charge in [0.15, 0.2) is 0 Å². The molecule has 1 N–H and O–H groups in total. The average molecular weight is 334 g/mol. The van der Waals surface area contributed by atoms with Gasteiger partial charge in [-0.15, -0.1) is 0 Å². The van der Waals surface area contributed by atoms with E-state index in [-0.39, 0.29) is 5.97 Å². The second-order valence-electron chi connectivity index (χ2n) is 5.96. The number of fused-ring (bicyclic) bond motifs is 1. The third-order valence-corrected chi connectivity index (χ3v) is 4.15. The van der Waals surface area contributed by atoms with Gasteiger partial charge >= 0.3 is 5.97 Å². The second kappa shape index (κ2) is 7.34. The SMILES string of the molecule is CCOC(=O)c1cnc2ccc(C)cc2c1Nc1ccc(CC)cc1. The summed E-state index contributed by atoms with van der Waals surface area (Å²) in [6.45, 7) is 6.28. The minimum Gasteiger partial charge on any atom is -0.462 e. The predicted molar refractivity (Wildman–Crippen MR) is 102 cm³/mol. The van der Waals surface area contributed by atoms with Gasteiger partial charge in [0.1, 0.15) is 5.56 Å². The fraction of sp³-hybridized carbons (Fsp3) is 0.238. The van der Waals surface area contributed by atoms with E-state index < -0.39 is 0 Å². The highest BCUT2D eigenvalue weighted by atomic mass is 16.5. The molecule has 0 saturated heterocycles. The number of nitrogens with zero attached hydrogens (tertiary/aromatic N) is 1. The lowest BCUT2D eigenvalue weighted by Gasteiger charge is -2.15. The Hall–Kier alpha value is -2.88. The Labute approximate surface area is 147 Å². The first-order chi connectivity index (χ1) is 12.1. The minimum atomic E-state index is -0.369. The number of aryl methyl sites for hydroxylation is 2. The summed E-state index contributed by atoms with van der Waals surface area (Å²) >= 11 is 0. The smallest absolute Gasteiger partial charge is 0.341 e. The lowest BCUT2D eigenvalue weighted by molar-refractivity contribution is 0.0527. The largest absolute Gasteiger partial charge is 0.462 e. The first kappa shape index (κ1) is 17.0. The van der Waals surface area contributed by atoms with Crippen LogP contribution >= 0.6 is 0 Å². The number of carbonyl (C=O) groups is 1. The van der Waals surface area contributed by atoms with Crippen LogP contribution in [-0.4, -0.2) is 17.6 Å². The molecule has 1 heterocycles. The van der Waals surface area contributed by atoms with Gasteiger partial charge in [-0.2, -0.15) is 0 Å². The third kappa shape index (κ3) is 3.63. The Morgan fingerprint density at radius 1 is 1.12 bits per heavy atom. The van der Waals surface area contributed by atoms with Gasteiger partial charge in [0.05, 0.1) is 17.8 Å². The van der Waals surface area contributed by atoms with Crippen molar-refractivity contribution < 1.29 is 9.53 Å². The van der Waals surface area contributed by atoms with Crippen LogP contribution < -0.4 is 5.32 Å². The van der Waals surface area contributed by atoms with Crippen LogP contribution in [0.2, 0.25) is 0 Å². The molecule has 0 fully saturated rings. The van der Waals surface area contributed by atoms with Crippen molar-refractivity contribution >= 4 is 28.2 Å². The quantitative estimate of drug-likeness (QED) is 0.665. The topological polar surface area (TPSA) is 51.2 Å². The third-order valence-electron chi connectivity index (χ3n) is 4.15. The zero-order valence-electron chi connectivity index (χ0n) is 14.8. The molecule has 0 spiro atoms. The van der Waals surface area contributed by atoms with Crippen molar-refractivity contribution in [3.63, 3.8) is 0 Å². The van der Waals surface area contributed by atoms with E-state index in [2.05, 4.69) is 29.4 Å². The van der Waals surface area contributed by atoms with Crippen molar-refractivity contribution in [3.8, 4) is 0 Å². The van der Waals surface area contributed by atoms with E-state index in [9.17, 15) is 4.79 Å². The first-order valence-corrected chi connectivity index (χ1v) is 8.54. The number of carbonyl (C=O) groups excluding carboxylic acids is 1. The van der Waals surface area contributed by atoms with Gasteiger partial charge in [-0.05, 0) is 50.1 Å². The summed E-state index contributed by atoms with van der Waals surface area (Å²) in [5, 5.41) is 4.30. The standard InChI is InChI=1S/C21H22N2O2/c1-4-15-7-9-16(10-8-15)23-20-17-12-14(3)6-11-19(17)22-13-18(20)21(24)25-5-2/h6-13H,4-5H2,1-3H3,(H,22,23). The monoisotopic (exact) mass is 334 g/mol. The molecule has 0 saturated carbocycles. The van der Waals surface area contributed by atoms with E-state index in [0.717, 1.165) is 34.3 Å². The number of hydrogen-bond acceptors (Lipinski definition) is 4. The molecule has 0 unspecified atom stereocenters. The summed E-state index contributed by atoms with van der Waals surface area (Å²) in [4.78, 5) is 16.8. The molecule has 4 heteroatoms. The van der Waals surface area contributed by atoms with Gasteiger partial charge in [0, 0.05) is 17.3 Å². The van der Waals surface area contributed by atoms with Crippen LogP contribution in [0, 0.1) is 6.92 Å². The first-order valence-electron chi connectivity index (χ1n) is 8.54. The van der Waals surface area contributed by atoms with E-state index in [1.165, 1.54) is 5.56 Å². The molecule has 0 aliphatic carbocycles. The number of benzene rings is 2. The number of ether oxygens (including phenoxy) is 1. The van der Waals surface area contributed by atoms with Crippen molar-refractivity contribution in [2.75, 3.05) is 11.9 Å². The molecule has 0 amide bonds. The van der Waals surface area contributed by atoms with E-state index in [0.29, 0.717) is 12.2 Å². The number of nitrogens with one attached hydrogen (secondary N) is 1. The van der Waals surface area contributed by atoms with Crippen LogP contribution in [0.25, 0.3) is 10.9 Å². The molecule has 25 heavy (non-hydrogen) atoms. The highest BCUT2D eigenvalue weighted by molar-refractivity contribution is 6.06. The molecule has 4 nitrogen and oxygen atoms in total. The van der Waals surface area contributed by atoms with Crippen molar-refractivity contribution in [2.45, 2.75) is 27.2 Å². The normalized spacial score (nSPS) is 10.7. The number of anilines is 2. The maximum Gasteiger partial charge on any atom is 0.341 e. The van der Waals surface area contributed by atoms with Gasteiger partial charge in [-0.3, -0.25) is 4.98 Å². The molecule has 2 aromatic carbocycles. The Morgan fingerprint density at radius 2 is 1.88 bits per heavy atom. The van der Waals surface area contributed by atoms with Gasteiger partial charge in [-0.25, -0.2) is 4.79 Å². The van der Waals surface area contributed by atoms with E-state index in [1.807, 2.05) is 37.3 Å². The molecule has 0 bridgehead atoms. The number of hydrogen-bond donors (Lipinski definition) is 1. The number of esters is 1. The Bertz CT molecular complexity index is 902. The van der Waals surface area contributed by atoms with Crippen molar-refractivity contribution in [3.05, 3.63) is 65.4 Å². The average Bonchev–Trinajstić information content (AvgIpc) is 2.63. The van der Waals surface area contributed by atoms with Crippen molar-refractivity contribution in [2.24, 2.45) is 0 Å². The fourth-order valence-corrected chi connectivity index (χ4v) is 2.77. The lowest BCUT2D eigenvalue weighted by atomic mass is 10.1. The molecule has 128 valence electrons. The van der Waals surface area contributed by atoms with Crippen LogP contribution in [0.4, 0.5) is 11.4 Å². The number of aromatic nitrogens is 1. The maximum absolute atomic E-state index is 12.4. The van der Waals surface area contributed by atoms with Crippen LogP contribution in [0.15, 0.2) is 48.7 Å². The maximum atomic E-state index is 12.4. The molecule has 0 atom stereocenters. The predicted octanol–water partition coefficient (Wildman–Crippen LogP) is 5.03. The molecular formula is C21H22N2O2. The highest BCUT2D eigenvalue weighted by Crippen LogP contribution is 2.30. The lowest BCUT2D eigenvalue weighted by Crippen LogP contribution is -2.09. The zero-order chi connectivity index (χ0) is 17.8. The van der Waals surface area contributed by atoms with E-state index in [4.69, 9.17) is 4.74 Å². The second-order valence-corrected chi connectivity index (χ2v) is 5.96. The van der Waals surface area contributed by atoms with Crippen LogP contribution in [0.1, 0.15) is 35.3 Å². The van der Waals surface area contributed by atoms with Gasteiger partial charge in [0.25, 0.3) is 0 Å². The molecule has 3 aromatic rings. The molecular weight excluding hydrogens is 312 g/mol. The van der Waals surface area contributed by atoms with Crippen LogP contribution in [0.5, 0.6) is 0 Å². The summed E-state index contributed by atoms with van der Waals surface area (Å²) < 4.78 is 5.20. The highest BCUT2D eigenvalue weighted by Gasteiger charge is 2.17. The molecule has 0 aliphatic heterocycles. The summed E-state index contributed by atoms with van der Waals surface area (Å²) in [5.41, 5.74) is 5.32. The Morgan fingerprint density at radius 3 is 2.56 bits per heavy atom. The Balaban J connectivity index is 2.12. The number of rotatable bonds is 5. The molecule has 3 rings (SSSR count). The summed E-state index contributed by atoms with van der Waals surface area (Å²) in [6.07, 6.45) is 2.57. The molecule has 0 radical (unpaired) electrons. The van der Waals surface area contributed by atoms with Crippen molar-refractivity contribution in [1.82, 2.24) is 4.98 Å². The van der Waals surface area contributed by atoms with Gasteiger partial charge in [-0.1, -0.05) is 30.7 Å². The van der Waals surface area contributed by atoms with Crippen LogP contribution in [0.3, 0.4) is 0 Å². The van der Waals surface area contributed by atoms with Gasteiger partial charge in [0.2, 0.25) is 0 Å². The fourth-order valence-electron chi connectivity index (χ4n) is 2.77. The minimum absolute atomic E-state index is 0.329. The molecule has 0 aliphatic rings. The van der Waals surface area contributed by atoms with Crippen LogP contribution in [-0.2, 0) is 11.2 Å². The summed E-state index contributed by atoms with van der Waals surface area (Å²) in [5.74, 6) is -0.369. The van der Waals surface area contributed by atoms with E-state index >= 15 is 0 Å². The van der Waals surface area contributed by atoms with Crippen molar-refractivity contribution in [1.29, 1.82) is 0 Å². The number of pyridine rings is 1. The Kier molecular flexibility index (Phi) is 4.98.